The molecule has 4 heterocycles. The molecule has 5 rings (SSSR count). The van der Waals surface area contributed by atoms with E-state index in [0.29, 0.717) is 10.2 Å². The number of piperidine rings is 1. The van der Waals surface area contributed by atoms with Crippen LogP contribution in [0.15, 0.2) is 48.7 Å². The van der Waals surface area contributed by atoms with Crippen molar-refractivity contribution in [1.29, 1.82) is 0 Å². The topological polar surface area (TPSA) is 59.7 Å². The third-order valence-electron chi connectivity index (χ3n) is 6.82. The Morgan fingerprint density at radius 2 is 1.67 bits per heavy atom. The van der Waals surface area contributed by atoms with E-state index in [1.165, 1.54) is 12.1 Å². The van der Waals surface area contributed by atoms with Gasteiger partial charge in [-0.15, -0.1) is 10.2 Å². The summed E-state index contributed by atoms with van der Waals surface area (Å²) >= 11 is 0. The molecule has 1 saturated heterocycles. The van der Waals surface area contributed by atoms with Gasteiger partial charge in [0.25, 0.3) is 5.95 Å². The van der Waals surface area contributed by atoms with E-state index in [2.05, 4.69) is 37.3 Å². The quantitative estimate of drug-likeness (QED) is 0.348. The number of anilines is 1. The minimum Gasteiger partial charge on any atom is -0.354 e. The van der Waals surface area contributed by atoms with Crippen LogP contribution >= 0.6 is 0 Å². The molecule has 0 N–H and O–H groups in total. The zero-order valence-electron chi connectivity index (χ0n) is 18.9. The van der Waals surface area contributed by atoms with Gasteiger partial charge in [-0.2, -0.15) is 18.9 Å². The second-order valence-corrected chi connectivity index (χ2v) is 8.96. The Morgan fingerprint density at radius 3 is 2.33 bits per heavy atom. The van der Waals surface area contributed by atoms with Gasteiger partial charge in [0, 0.05) is 56.0 Å². The predicted octanol–water partition coefficient (Wildman–Crippen LogP) is 3.94. The van der Waals surface area contributed by atoms with E-state index < -0.39 is 11.9 Å². The largest absolute Gasteiger partial charge is 0.354 e. The lowest BCUT2D eigenvalue weighted by molar-refractivity contribution is 0.240. The molecule has 0 amide bonds. The van der Waals surface area contributed by atoms with Crippen molar-refractivity contribution in [2.24, 2.45) is 7.05 Å². The summed E-state index contributed by atoms with van der Waals surface area (Å²) in [5.41, 5.74) is 2.12. The molecule has 0 spiro atoms. The van der Waals surface area contributed by atoms with E-state index >= 15 is 0 Å². The fourth-order valence-corrected chi connectivity index (χ4v) is 4.87. The molecule has 9 heteroatoms. The molecule has 4 aromatic rings. The van der Waals surface area contributed by atoms with E-state index in [-0.39, 0.29) is 6.04 Å². The maximum Gasteiger partial charge on any atom is 0.276 e. The van der Waals surface area contributed by atoms with Crippen LogP contribution in [0.1, 0.15) is 12.8 Å². The van der Waals surface area contributed by atoms with Gasteiger partial charge in [-0.25, -0.2) is 0 Å². The monoisotopic (exact) mass is 450 g/mol. The predicted molar refractivity (Wildman–Crippen MR) is 125 cm³/mol. The zero-order valence-corrected chi connectivity index (χ0v) is 18.9. The van der Waals surface area contributed by atoms with Gasteiger partial charge >= 0.3 is 0 Å². The van der Waals surface area contributed by atoms with Crippen molar-refractivity contribution in [2.75, 3.05) is 32.1 Å². The molecule has 1 aliphatic rings. The minimum atomic E-state index is -0.800. The second-order valence-electron chi connectivity index (χ2n) is 8.96. The molecule has 1 fully saturated rings. The van der Waals surface area contributed by atoms with E-state index in [0.717, 1.165) is 53.9 Å². The van der Waals surface area contributed by atoms with Crippen molar-refractivity contribution in [2.45, 2.75) is 18.9 Å². The summed E-state index contributed by atoms with van der Waals surface area (Å²) in [6, 6.07) is 13.0. The number of hydrogen-bond acceptors (Lipinski definition) is 5. The lowest BCUT2D eigenvalue weighted by atomic mass is 10.00. The van der Waals surface area contributed by atoms with Crippen molar-refractivity contribution >= 4 is 22.3 Å². The Labute approximate surface area is 190 Å². The van der Waals surface area contributed by atoms with E-state index in [1.54, 1.807) is 10.9 Å². The van der Waals surface area contributed by atoms with Crippen LogP contribution in [0.3, 0.4) is 0 Å². The maximum atomic E-state index is 14.4. The van der Waals surface area contributed by atoms with E-state index in [4.69, 9.17) is 0 Å². The highest BCUT2D eigenvalue weighted by atomic mass is 19.1. The number of pyridine rings is 1. The standard InChI is InChI=1S/C24H26F2N7/c1-31-19(10-13-27-31)22-17-6-4-5-7-18(17)24(30-29-22)32-14-11-16(12-15-32)33(2,3)20-8-9-21(25)28-23(20)26/h4-10,13,16H,11-12,14-15H2,1-3H3/q+1. The van der Waals surface area contributed by atoms with Crippen LogP contribution in [0.5, 0.6) is 0 Å². The number of rotatable bonds is 4. The molecule has 7 nitrogen and oxygen atoms in total. The molecule has 0 radical (unpaired) electrons. The number of quaternary nitrogens is 1. The third kappa shape index (κ3) is 3.72. The minimum absolute atomic E-state index is 0.177. The number of halogens is 2. The summed E-state index contributed by atoms with van der Waals surface area (Å²) in [5, 5.41) is 15.5. The van der Waals surface area contributed by atoms with Gasteiger partial charge < -0.3 is 4.90 Å². The highest BCUT2D eigenvalue weighted by Crippen LogP contribution is 2.34. The summed E-state index contributed by atoms with van der Waals surface area (Å²) in [6.45, 7) is 1.54. The number of aromatic nitrogens is 5. The van der Waals surface area contributed by atoms with Crippen LogP contribution in [0.25, 0.3) is 22.2 Å². The molecule has 0 bridgehead atoms. The third-order valence-corrected chi connectivity index (χ3v) is 6.82. The number of aryl methyl sites for hydroxylation is 1. The first-order valence-corrected chi connectivity index (χ1v) is 11.0. The van der Waals surface area contributed by atoms with E-state index in [9.17, 15) is 8.78 Å². The molecule has 1 aromatic carbocycles. The van der Waals surface area contributed by atoms with Gasteiger partial charge in [-0.1, -0.05) is 24.3 Å². The van der Waals surface area contributed by atoms with Crippen molar-refractivity contribution < 1.29 is 8.78 Å². The van der Waals surface area contributed by atoms with Gasteiger partial charge in [0.2, 0.25) is 5.95 Å². The first-order chi connectivity index (χ1) is 15.9. The fraction of sp³-hybridized carbons (Fsp3) is 0.333. The van der Waals surface area contributed by atoms with Crippen LogP contribution in [-0.4, -0.2) is 58.2 Å². The Bertz CT molecular complexity index is 1310. The molecule has 33 heavy (non-hydrogen) atoms. The van der Waals surface area contributed by atoms with Gasteiger partial charge in [0.15, 0.2) is 11.5 Å². The smallest absolute Gasteiger partial charge is 0.276 e. The molecule has 3 aromatic heterocycles. The maximum absolute atomic E-state index is 14.4. The highest BCUT2D eigenvalue weighted by molar-refractivity contribution is 5.99. The number of nitrogens with zero attached hydrogens (tertiary/aromatic N) is 7. The summed E-state index contributed by atoms with van der Waals surface area (Å²) in [7, 11) is 5.80. The zero-order chi connectivity index (χ0) is 23.2. The Morgan fingerprint density at radius 1 is 0.939 bits per heavy atom. The molecule has 1 aliphatic heterocycles. The van der Waals surface area contributed by atoms with Crippen LogP contribution in [0, 0.1) is 11.9 Å². The lowest BCUT2D eigenvalue weighted by Gasteiger charge is -2.42. The van der Waals surface area contributed by atoms with Crippen molar-refractivity contribution in [3.63, 3.8) is 0 Å². The van der Waals surface area contributed by atoms with Gasteiger partial charge in [0.1, 0.15) is 5.69 Å². The fourth-order valence-electron chi connectivity index (χ4n) is 4.87. The molecule has 170 valence electrons. The molecule has 0 aliphatic carbocycles. The average molecular weight is 451 g/mol. The van der Waals surface area contributed by atoms with Gasteiger partial charge in [-0.3, -0.25) is 9.16 Å². The van der Waals surface area contributed by atoms with Crippen molar-refractivity contribution in [3.05, 3.63) is 60.6 Å². The Kier molecular flexibility index (Phi) is 5.28. The number of benzene rings is 1. The highest BCUT2D eigenvalue weighted by Gasteiger charge is 2.37. The first-order valence-electron chi connectivity index (χ1n) is 11.0. The molecule has 0 atom stereocenters. The van der Waals surface area contributed by atoms with Crippen LogP contribution in [0.4, 0.5) is 20.3 Å². The Balaban J connectivity index is 1.42. The lowest BCUT2D eigenvalue weighted by Crippen LogP contribution is -2.55. The van der Waals surface area contributed by atoms with Gasteiger partial charge in [0.05, 0.1) is 25.8 Å². The number of hydrogen-bond donors (Lipinski definition) is 0. The summed E-state index contributed by atoms with van der Waals surface area (Å²) in [5.74, 6) is -0.689. The van der Waals surface area contributed by atoms with Crippen LogP contribution < -0.4 is 9.38 Å². The molecule has 0 unspecified atom stereocenters. The van der Waals surface area contributed by atoms with Crippen molar-refractivity contribution in [1.82, 2.24) is 29.4 Å². The summed E-state index contributed by atoms with van der Waals surface area (Å²) < 4.78 is 29.8. The average Bonchev–Trinajstić information content (AvgIpc) is 3.24. The van der Waals surface area contributed by atoms with Crippen LogP contribution in [-0.2, 0) is 7.05 Å². The van der Waals surface area contributed by atoms with Crippen LogP contribution in [0.2, 0.25) is 0 Å². The Hall–Kier alpha value is -3.46. The summed E-state index contributed by atoms with van der Waals surface area (Å²) in [4.78, 5) is 5.63. The SMILES string of the molecule is Cn1nccc1-c1nnc(N2CCC([N+](C)(C)c3ccc(F)nc3F)CC2)c2ccccc12. The second kappa shape index (κ2) is 8.15. The molecular weight excluding hydrogens is 424 g/mol. The normalized spacial score (nSPS) is 15.4. The van der Waals surface area contributed by atoms with E-state index in [1.807, 2.05) is 39.3 Å². The summed E-state index contributed by atoms with van der Waals surface area (Å²) in [6.07, 6.45) is 3.43. The first kappa shape index (κ1) is 21.4. The molecular formula is C24H26F2N7+. The molecule has 0 saturated carbocycles. The van der Waals surface area contributed by atoms with Gasteiger partial charge in [-0.05, 0) is 12.1 Å². The van der Waals surface area contributed by atoms with Crippen molar-refractivity contribution in [3.8, 4) is 11.4 Å². The number of fused-ring (bicyclic) bond motifs is 1.